The molecule has 2 heteroatoms. The van der Waals surface area contributed by atoms with Crippen LogP contribution in [0.25, 0.3) is 6.08 Å². The first kappa shape index (κ1) is 11.4. The standard InChI is InChI=1S/C14H19NO/c1-2-6-13(7-3-1)8-5-11-16-12-14-9-4-10-15-14/h1-3,5-8,14-15H,4,9-12H2. The molecule has 1 fully saturated rings. The summed E-state index contributed by atoms with van der Waals surface area (Å²) in [6, 6.07) is 10.9. The van der Waals surface area contributed by atoms with Crippen LogP contribution in [0.1, 0.15) is 18.4 Å². The van der Waals surface area contributed by atoms with Gasteiger partial charge in [0, 0.05) is 6.04 Å². The van der Waals surface area contributed by atoms with E-state index in [1.807, 2.05) is 18.2 Å². The van der Waals surface area contributed by atoms with E-state index in [1.165, 1.54) is 18.4 Å². The molecule has 2 nitrogen and oxygen atoms in total. The van der Waals surface area contributed by atoms with E-state index in [0.717, 1.165) is 13.2 Å². The zero-order chi connectivity index (χ0) is 11.1. The van der Waals surface area contributed by atoms with Gasteiger partial charge in [-0.1, -0.05) is 42.5 Å². The Morgan fingerprint density at radius 3 is 2.94 bits per heavy atom. The molecule has 1 atom stereocenters. The molecule has 1 aliphatic rings. The summed E-state index contributed by atoms with van der Waals surface area (Å²) >= 11 is 0. The van der Waals surface area contributed by atoms with Gasteiger partial charge in [0.2, 0.25) is 0 Å². The van der Waals surface area contributed by atoms with Crippen molar-refractivity contribution in [3.05, 3.63) is 42.0 Å². The van der Waals surface area contributed by atoms with Gasteiger partial charge >= 0.3 is 0 Å². The van der Waals surface area contributed by atoms with Crippen LogP contribution in [-0.4, -0.2) is 25.8 Å². The van der Waals surface area contributed by atoms with Crippen molar-refractivity contribution in [1.29, 1.82) is 0 Å². The second-order valence-corrected chi connectivity index (χ2v) is 4.14. The van der Waals surface area contributed by atoms with Crippen LogP contribution in [0.5, 0.6) is 0 Å². The van der Waals surface area contributed by atoms with Crippen molar-refractivity contribution in [2.45, 2.75) is 18.9 Å². The predicted octanol–water partition coefficient (Wildman–Crippen LogP) is 2.47. The lowest BCUT2D eigenvalue weighted by molar-refractivity contribution is 0.142. The Balaban J connectivity index is 1.62. The molecule has 1 unspecified atom stereocenters. The lowest BCUT2D eigenvalue weighted by atomic mass is 10.2. The number of hydrogen-bond acceptors (Lipinski definition) is 2. The molecule has 1 aromatic rings. The molecule has 16 heavy (non-hydrogen) atoms. The second kappa shape index (κ2) is 6.46. The summed E-state index contributed by atoms with van der Waals surface area (Å²) in [7, 11) is 0. The average molecular weight is 217 g/mol. The first-order valence-electron chi connectivity index (χ1n) is 5.98. The number of benzene rings is 1. The molecule has 1 aliphatic heterocycles. The van der Waals surface area contributed by atoms with Crippen LogP contribution >= 0.6 is 0 Å². The third-order valence-electron chi connectivity index (χ3n) is 2.81. The number of hydrogen-bond donors (Lipinski definition) is 1. The highest BCUT2D eigenvalue weighted by atomic mass is 16.5. The maximum atomic E-state index is 5.59. The van der Waals surface area contributed by atoms with Gasteiger partial charge in [-0.05, 0) is 24.9 Å². The zero-order valence-electron chi connectivity index (χ0n) is 9.56. The van der Waals surface area contributed by atoms with Crippen LogP contribution in [0.4, 0.5) is 0 Å². The molecule has 0 amide bonds. The lowest BCUT2D eigenvalue weighted by Gasteiger charge is -2.08. The van der Waals surface area contributed by atoms with E-state index in [1.54, 1.807) is 0 Å². The van der Waals surface area contributed by atoms with E-state index in [2.05, 4.69) is 29.6 Å². The Hall–Kier alpha value is -1.12. The first-order chi connectivity index (χ1) is 7.95. The van der Waals surface area contributed by atoms with Gasteiger partial charge in [0.15, 0.2) is 0 Å². The molecular formula is C14H19NO. The fourth-order valence-corrected chi connectivity index (χ4v) is 1.93. The third kappa shape index (κ3) is 3.80. The largest absolute Gasteiger partial charge is 0.376 e. The summed E-state index contributed by atoms with van der Waals surface area (Å²) in [6.45, 7) is 2.68. The summed E-state index contributed by atoms with van der Waals surface area (Å²) in [5, 5.41) is 3.42. The third-order valence-corrected chi connectivity index (χ3v) is 2.81. The van der Waals surface area contributed by atoms with Crippen LogP contribution in [0.2, 0.25) is 0 Å². The molecule has 1 aromatic carbocycles. The number of ether oxygens (including phenoxy) is 1. The topological polar surface area (TPSA) is 21.3 Å². The van der Waals surface area contributed by atoms with E-state index in [9.17, 15) is 0 Å². The van der Waals surface area contributed by atoms with E-state index in [-0.39, 0.29) is 0 Å². The van der Waals surface area contributed by atoms with Gasteiger partial charge in [0.05, 0.1) is 13.2 Å². The van der Waals surface area contributed by atoms with Crippen molar-refractivity contribution in [2.24, 2.45) is 0 Å². The minimum Gasteiger partial charge on any atom is -0.376 e. The van der Waals surface area contributed by atoms with Crippen molar-refractivity contribution >= 4 is 6.08 Å². The highest BCUT2D eigenvalue weighted by molar-refractivity contribution is 5.48. The maximum Gasteiger partial charge on any atom is 0.0651 e. The fourth-order valence-electron chi connectivity index (χ4n) is 1.93. The smallest absolute Gasteiger partial charge is 0.0651 e. The molecule has 1 saturated heterocycles. The zero-order valence-corrected chi connectivity index (χ0v) is 9.56. The van der Waals surface area contributed by atoms with E-state index in [4.69, 9.17) is 4.74 Å². The van der Waals surface area contributed by atoms with Crippen LogP contribution < -0.4 is 5.32 Å². The Labute approximate surface area is 97.3 Å². The van der Waals surface area contributed by atoms with E-state index < -0.39 is 0 Å². The van der Waals surface area contributed by atoms with Crippen molar-refractivity contribution < 1.29 is 4.74 Å². The Morgan fingerprint density at radius 1 is 1.31 bits per heavy atom. The van der Waals surface area contributed by atoms with Crippen LogP contribution in [0, 0.1) is 0 Å². The van der Waals surface area contributed by atoms with Crippen LogP contribution in [-0.2, 0) is 4.74 Å². The van der Waals surface area contributed by atoms with E-state index >= 15 is 0 Å². The normalized spacial score (nSPS) is 20.6. The maximum absolute atomic E-state index is 5.59. The predicted molar refractivity (Wildman–Crippen MR) is 67.3 cm³/mol. The highest BCUT2D eigenvalue weighted by Crippen LogP contribution is 2.05. The average Bonchev–Trinajstić information content (AvgIpc) is 2.83. The highest BCUT2D eigenvalue weighted by Gasteiger charge is 2.12. The molecule has 0 aliphatic carbocycles. The van der Waals surface area contributed by atoms with Crippen molar-refractivity contribution in [3.8, 4) is 0 Å². The molecular weight excluding hydrogens is 198 g/mol. The summed E-state index contributed by atoms with van der Waals surface area (Å²) in [5.41, 5.74) is 1.23. The van der Waals surface area contributed by atoms with Crippen molar-refractivity contribution in [1.82, 2.24) is 5.32 Å². The quantitative estimate of drug-likeness (QED) is 0.765. The Morgan fingerprint density at radius 2 is 2.19 bits per heavy atom. The molecule has 0 aromatic heterocycles. The SMILES string of the molecule is C(=Cc1ccccc1)COCC1CCCN1. The Kier molecular flexibility index (Phi) is 4.59. The molecule has 0 saturated carbocycles. The minimum absolute atomic E-state index is 0.574. The van der Waals surface area contributed by atoms with Gasteiger partial charge in [0.1, 0.15) is 0 Å². The van der Waals surface area contributed by atoms with Gasteiger partial charge < -0.3 is 10.1 Å². The van der Waals surface area contributed by atoms with Crippen LogP contribution in [0.15, 0.2) is 36.4 Å². The number of nitrogens with one attached hydrogen (secondary N) is 1. The molecule has 0 radical (unpaired) electrons. The lowest BCUT2D eigenvalue weighted by Crippen LogP contribution is -2.26. The second-order valence-electron chi connectivity index (χ2n) is 4.14. The Bertz CT molecular complexity index is 315. The van der Waals surface area contributed by atoms with Gasteiger partial charge in [-0.3, -0.25) is 0 Å². The van der Waals surface area contributed by atoms with Crippen LogP contribution in [0.3, 0.4) is 0 Å². The summed E-state index contributed by atoms with van der Waals surface area (Å²) in [5.74, 6) is 0. The van der Waals surface area contributed by atoms with Gasteiger partial charge in [0.25, 0.3) is 0 Å². The molecule has 1 N–H and O–H groups in total. The fraction of sp³-hybridized carbons (Fsp3) is 0.429. The van der Waals surface area contributed by atoms with Gasteiger partial charge in [-0.15, -0.1) is 0 Å². The molecule has 1 heterocycles. The summed E-state index contributed by atoms with van der Waals surface area (Å²) < 4.78 is 5.59. The van der Waals surface area contributed by atoms with Crippen molar-refractivity contribution in [2.75, 3.05) is 19.8 Å². The first-order valence-corrected chi connectivity index (χ1v) is 5.98. The monoisotopic (exact) mass is 217 g/mol. The van der Waals surface area contributed by atoms with Crippen molar-refractivity contribution in [3.63, 3.8) is 0 Å². The summed E-state index contributed by atoms with van der Waals surface area (Å²) in [6.07, 6.45) is 6.71. The molecule has 0 bridgehead atoms. The number of rotatable bonds is 5. The molecule has 86 valence electrons. The molecule has 2 rings (SSSR count). The molecule has 0 spiro atoms. The van der Waals surface area contributed by atoms with Gasteiger partial charge in [-0.25, -0.2) is 0 Å². The van der Waals surface area contributed by atoms with Gasteiger partial charge in [-0.2, -0.15) is 0 Å². The van der Waals surface area contributed by atoms with E-state index in [0.29, 0.717) is 12.6 Å². The summed E-state index contributed by atoms with van der Waals surface area (Å²) in [4.78, 5) is 0. The minimum atomic E-state index is 0.574.